The van der Waals surface area contributed by atoms with Crippen molar-refractivity contribution in [3.63, 3.8) is 0 Å². The predicted molar refractivity (Wildman–Crippen MR) is 69.1 cm³/mol. The molecule has 0 fully saturated rings. The van der Waals surface area contributed by atoms with E-state index in [1.165, 1.54) is 0 Å². The lowest BCUT2D eigenvalue weighted by atomic mass is 10.3. The van der Waals surface area contributed by atoms with Gasteiger partial charge in [0.1, 0.15) is 0 Å². The lowest BCUT2D eigenvalue weighted by Crippen LogP contribution is -2.57. The molecule has 3 nitrogen and oxygen atoms in total. The van der Waals surface area contributed by atoms with E-state index in [1.807, 2.05) is 13.8 Å². The molecule has 0 bridgehead atoms. The third-order valence-electron chi connectivity index (χ3n) is 2.96. The molecule has 0 atom stereocenters. The largest absolute Gasteiger partial charge is 0.673 e. The monoisotopic (exact) mass is 291 g/mol. The molecule has 0 spiro atoms. The van der Waals surface area contributed by atoms with Gasteiger partial charge in [0.15, 0.2) is 0 Å². The average Bonchev–Trinajstić information content (AvgIpc) is 2.30. The molecular formula is C11H26BF4NO2. The van der Waals surface area contributed by atoms with Crippen LogP contribution in [0.3, 0.4) is 0 Å². The van der Waals surface area contributed by atoms with Crippen LogP contribution < -0.4 is 0 Å². The first-order valence-corrected chi connectivity index (χ1v) is 6.66. The van der Waals surface area contributed by atoms with Gasteiger partial charge in [0.25, 0.3) is 0 Å². The van der Waals surface area contributed by atoms with Crippen molar-refractivity contribution in [1.29, 1.82) is 0 Å². The highest BCUT2D eigenvalue weighted by atomic mass is 19.5. The standard InChI is InChI=1S/C11H26NO2.BF4/c1-6-12(7-2,8-3)11(13-9-4)14-10-5;2-1(3,4)5/h11H,6-10H2,1-5H3;/q+1;-1. The minimum atomic E-state index is -6.00. The maximum atomic E-state index is 9.75. The van der Waals surface area contributed by atoms with E-state index in [2.05, 4.69) is 20.8 Å². The number of halogens is 4. The molecule has 0 aromatic carbocycles. The van der Waals surface area contributed by atoms with E-state index < -0.39 is 7.25 Å². The molecule has 19 heavy (non-hydrogen) atoms. The predicted octanol–water partition coefficient (Wildman–Crippen LogP) is 3.52. The molecule has 0 aliphatic carbocycles. The summed E-state index contributed by atoms with van der Waals surface area (Å²) in [7, 11) is -6.00. The maximum Gasteiger partial charge on any atom is 0.673 e. The summed E-state index contributed by atoms with van der Waals surface area (Å²) >= 11 is 0. The Balaban J connectivity index is 0. The van der Waals surface area contributed by atoms with Crippen LogP contribution in [0.25, 0.3) is 0 Å². The van der Waals surface area contributed by atoms with Crippen LogP contribution >= 0.6 is 0 Å². The Morgan fingerprint density at radius 2 is 1.05 bits per heavy atom. The molecule has 0 unspecified atom stereocenters. The van der Waals surface area contributed by atoms with Crippen LogP contribution in [0.4, 0.5) is 17.3 Å². The van der Waals surface area contributed by atoms with E-state index in [9.17, 15) is 17.3 Å². The number of hydrogen-bond acceptors (Lipinski definition) is 2. The van der Waals surface area contributed by atoms with E-state index in [0.717, 1.165) is 24.1 Å². The first-order chi connectivity index (χ1) is 8.70. The molecular weight excluding hydrogens is 265 g/mol. The van der Waals surface area contributed by atoms with Crippen LogP contribution in [-0.2, 0) is 9.47 Å². The van der Waals surface area contributed by atoms with E-state index in [1.54, 1.807) is 0 Å². The first kappa shape index (κ1) is 21.0. The van der Waals surface area contributed by atoms with Gasteiger partial charge in [0.2, 0.25) is 0 Å². The van der Waals surface area contributed by atoms with Crippen LogP contribution in [0.15, 0.2) is 0 Å². The van der Waals surface area contributed by atoms with Crippen molar-refractivity contribution in [2.75, 3.05) is 32.8 Å². The molecule has 0 N–H and O–H groups in total. The SMILES string of the molecule is CCOC(OCC)[N+](CC)(CC)CC.F[B-](F)(F)F. The first-order valence-electron chi connectivity index (χ1n) is 6.66. The van der Waals surface area contributed by atoms with Crippen LogP contribution in [0.5, 0.6) is 0 Å². The van der Waals surface area contributed by atoms with Crippen molar-refractivity contribution in [2.24, 2.45) is 0 Å². The second-order valence-corrected chi connectivity index (χ2v) is 3.88. The Bertz CT molecular complexity index is 193. The Labute approximate surface area is 113 Å². The second kappa shape index (κ2) is 10.5. The fourth-order valence-corrected chi connectivity index (χ4v) is 1.77. The number of quaternary nitrogens is 1. The Kier molecular flexibility index (Phi) is 11.5. The van der Waals surface area contributed by atoms with Gasteiger partial charge in [-0.25, -0.2) is 0 Å². The van der Waals surface area contributed by atoms with Crippen molar-refractivity contribution < 1.29 is 31.2 Å². The molecule has 0 aliphatic rings. The van der Waals surface area contributed by atoms with Gasteiger partial charge in [0.05, 0.1) is 32.8 Å². The third kappa shape index (κ3) is 10.2. The molecule has 0 aliphatic heterocycles. The van der Waals surface area contributed by atoms with Gasteiger partial charge in [-0.05, 0) is 34.6 Å². The van der Waals surface area contributed by atoms with Gasteiger partial charge >= 0.3 is 13.7 Å². The topological polar surface area (TPSA) is 18.5 Å². The van der Waals surface area contributed by atoms with Crippen molar-refractivity contribution in [3.05, 3.63) is 0 Å². The fraction of sp³-hybridized carbons (Fsp3) is 1.00. The zero-order chi connectivity index (χ0) is 15.5. The van der Waals surface area contributed by atoms with Gasteiger partial charge in [-0.2, -0.15) is 0 Å². The summed E-state index contributed by atoms with van der Waals surface area (Å²) in [4.78, 5) is 0. The fourth-order valence-electron chi connectivity index (χ4n) is 1.77. The lowest BCUT2D eigenvalue weighted by molar-refractivity contribution is -0.990. The van der Waals surface area contributed by atoms with Crippen molar-refractivity contribution in [2.45, 2.75) is 41.0 Å². The molecule has 0 amide bonds. The van der Waals surface area contributed by atoms with Gasteiger partial charge < -0.3 is 26.7 Å². The molecule has 0 aromatic heterocycles. The number of ether oxygens (including phenoxy) is 2. The number of rotatable bonds is 8. The molecule has 0 heterocycles. The van der Waals surface area contributed by atoms with Crippen molar-refractivity contribution in [3.8, 4) is 0 Å². The van der Waals surface area contributed by atoms with Crippen molar-refractivity contribution in [1.82, 2.24) is 0 Å². The summed E-state index contributed by atoms with van der Waals surface area (Å²) in [5.74, 6) is 0. The molecule has 0 rings (SSSR count). The van der Waals surface area contributed by atoms with Crippen LogP contribution in [-0.4, -0.2) is 51.0 Å². The minimum Gasteiger partial charge on any atom is -0.418 e. The molecule has 118 valence electrons. The van der Waals surface area contributed by atoms with Gasteiger partial charge in [0, 0.05) is 0 Å². The zero-order valence-corrected chi connectivity index (χ0v) is 12.5. The summed E-state index contributed by atoms with van der Waals surface area (Å²) in [6.07, 6.45) is -0.0926. The summed E-state index contributed by atoms with van der Waals surface area (Å²) in [6, 6.07) is 0. The summed E-state index contributed by atoms with van der Waals surface area (Å²) < 4.78 is 51.2. The molecule has 0 saturated heterocycles. The zero-order valence-electron chi connectivity index (χ0n) is 12.5. The average molecular weight is 291 g/mol. The van der Waals surface area contributed by atoms with E-state index in [4.69, 9.17) is 9.47 Å². The van der Waals surface area contributed by atoms with Gasteiger partial charge in [-0.15, -0.1) is 0 Å². The summed E-state index contributed by atoms with van der Waals surface area (Å²) in [5, 5.41) is 0. The highest BCUT2D eigenvalue weighted by Gasteiger charge is 2.33. The molecule has 8 heteroatoms. The molecule has 0 saturated carbocycles. The van der Waals surface area contributed by atoms with Crippen LogP contribution in [0.1, 0.15) is 34.6 Å². The van der Waals surface area contributed by atoms with Gasteiger partial charge in [-0.1, -0.05) is 0 Å². The number of hydrogen-bond donors (Lipinski definition) is 0. The minimum absolute atomic E-state index is 0.0926. The smallest absolute Gasteiger partial charge is 0.418 e. The Morgan fingerprint density at radius 1 is 0.789 bits per heavy atom. The normalized spacial score (nSPS) is 12.3. The van der Waals surface area contributed by atoms with Crippen LogP contribution in [0, 0.1) is 0 Å². The van der Waals surface area contributed by atoms with Crippen LogP contribution in [0.2, 0.25) is 0 Å². The molecule has 0 aromatic rings. The van der Waals surface area contributed by atoms with Gasteiger partial charge in [-0.3, -0.25) is 4.48 Å². The lowest BCUT2D eigenvalue weighted by Gasteiger charge is -2.40. The van der Waals surface area contributed by atoms with E-state index in [0.29, 0.717) is 13.2 Å². The van der Waals surface area contributed by atoms with E-state index in [-0.39, 0.29) is 6.41 Å². The van der Waals surface area contributed by atoms with E-state index >= 15 is 0 Å². The van der Waals surface area contributed by atoms with Crippen molar-refractivity contribution >= 4 is 7.25 Å². The number of nitrogens with zero attached hydrogens (tertiary/aromatic N) is 1. The quantitative estimate of drug-likeness (QED) is 0.295. The third-order valence-corrected chi connectivity index (χ3v) is 2.96. The highest BCUT2D eigenvalue weighted by Crippen LogP contribution is 2.15. The summed E-state index contributed by atoms with van der Waals surface area (Å²) in [6.45, 7) is 15.2. The second-order valence-electron chi connectivity index (χ2n) is 3.88. The molecule has 0 radical (unpaired) electrons. The Morgan fingerprint density at radius 3 is 1.21 bits per heavy atom. The maximum absolute atomic E-state index is 9.75. The highest BCUT2D eigenvalue weighted by molar-refractivity contribution is 6.50. The Hall–Kier alpha value is -0.335. The summed E-state index contributed by atoms with van der Waals surface area (Å²) in [5.41, 5.74) is 0.